The zero-order chi connectivity index (χ0) is 12.8. The summed E-state index contributed by atoms with van der Waals surface area (Å²) in [5.41, 5.74) is 1.25. The molecule has 0 atom stereocenters. The Morgan fingerprint density at radius 1 is 1.28 bits per heavy atom. The summed E-state index contributed by atoms with van der Waals surface area (Å²) in [6.07, 6.45) is 3.10. The molecule has 3 aliphatic carbocycles. The van der Waals surface area contributed by atoms with E-state index in [4.69, 9.17) is 11.6 Å². The first-order valence-corrected chi connectivity index (χ1v) is 6.52. The van der Waals surface area contributed by atoms with Crippen LogP contribution in [-0.4, -0.2) is 18.0 Å². The van der Waals surface area contributed by atoms with E-state index in [0.29, 0.717) is 11.6 Å². The van der Waals surface area contributed by atoms with Crippen LogP contribution < -0.4 is 10.6 Å². The number of hydrogen-bond donors (Lipinski definition) is 2. The second-order valence-electron chi connectivity index (χ2n) is 5.72. The molecule has 18 heavy (non-hydrogen) atoms. The molecule has 1 amide bonds. The van der Waals surface area contributed by atoms with Crippen molar-refractivity contribution in [2.24, 2.45) is 5.41 Å². The van der Waals surface area contributed by atoms with Crippen LogP contribution in [0.2, 0.25) is 5.02 Å². The fraction of sp³-hybridized carbons (Fsp3) is 0.429. The summed E-state index contributed by atoms with van der Waals surface area (Å²) in [5.74, 6) is 0.0479. The Hall–Kier alpha value is -1.22. The highest BCUT2D eigenvalue weighted by Crippen LogP contribution is 2.66. The van der Waals surface area contributed by atoms with Crippen molar-refractivity contribution in [3.05, 3.63) is 36.2 Å². The van der Waals surface area contributed by atoms with E-state index in [0.717, 1.165) is 24.9 Å². The molecular formula is C14H16ClN2O. The number of amides is 1. The molecule has 0 unspecified atom stereocenters. The van der Waals surface area contributed by atoms with Gasteiger partial charge in [-0.3, -0.25) is 4.79 Å². The third-order valence-corrected chi connectivity index (χ3v) is 4.09. The van der Waals surface area contributed by atoms with Gasteiger partial charge in [0.25, 0.3) is 0 Å². The molecule has 0 aromatic heterocycles. The van der Waals surface area contributed by atoms with E-state index in [9.17, 15) is 4.79 Å². The summed E-state index contributed by atoms with van der Waals surface area (Å²) in [6, 6.07) is 7.33. The van der Waals surface area contributed by atoms with E-state index in [1.54, 1.807) is 12.1 Å². The van der Waals surface area contributed by atoms with Gasteiger partial charge in [0, 0.05) is 16.2 Å². The first kappa shape index (κ1) is 11.8. The van der Waals surface area contributed by atoms with Crippen molar-refractivity contribution in [3.8, 4) is 0 Å². The van der Waals surface area contributed by atoms with Crippen molar-refractivity contribution >= 4 is 23.2 Å². The van der Waals surface area contributed by atoms with Gasteiger partial charge in [-0.1, -0.05) is 11.6 Å². The quantitative estimate of drug-likeness (QED) is 0.877. The molecule has 4 rings (SSSR count). The molecule has 1 radical (unpaired) electrons. The lowest BCUT2D eigenvalue weighted by Gasteiger charge is -2.69. The van der Waals surface area contributed by atoms with Crippen molar-refractivity contribution in [1.29, 1.82) is 0 Å². The lowest BCUT2D eigenvalue weighted by atomic mass is 9.40. The van der Waals surface area contributed by atoms with Crippen molar-refractivity contribution in [3.63, 3.8) is 0 Å². The molecule has 0 spiro atoms. The number of rotatable bonds is 4. The second kappa shape index (κ2) is 3.89. The maximum Gasteiger partial charge on any atom is 0.239 e. The first-order valence-electron chi connectivity index (χ1n) is 6.15. The normalized spacial score (nSPS) is 32.1. The fourth-order valence-corrected chi connectivity index (χ4v) is 3.35. The molecule has 1 aromatic rings. The van der Waals surface area contributed by atoms with Crippen molar-refractivity contribution < 1.29 is 4.79 Å². The monoisotopic (exact) mass is 263 g/mol. The Morgan fingerprint density at radius 2 is 1.89 bits per heavy atom. The predicted octanol–water partition coefficient (Wildman–Crippen LogP) is 2.62. The molecule has 2 N–H and O–H groups in total. The van der Waals surface area contributed by atoms with Gasteiger partial charge in [0.2, 0.25) is 5.91 Å². The summed E-state index contributed by atoms with van der Waals surface area (Å²) in [6.45, 7) is 4.42. The number of carbonyl (C=O) groups excluding carboxylic acids is 1. The van der Waals surface area contributed by atoms with Gasteiger partial charge in [-0.25, -0.2) is 0 Å². The van der Waals surface area contributed by atoms with E-state index in [1.807, 2.05) is 12.1 Å². The van der Waals surface area contributed by atoms with Crippen LogP contribution in [0.15, 0.2) is 24.3 Å². The molecule has 3 aliphatic rings. The average molecular weight is 264 g/mol. The molecule has 3 saturated carbocycles. The van der Waals surface area contributed by atoms with Gasteiger partial charge in [-0.15, -0.1) is 0 Å². The van der Waals surface area contributed by atoms with Crippen LogP contribution in [0.3, 0.4) is 0 Å². The highest BCUT2D eigenvalue weighted by Gasteiger charge is 2.65. The molecular weight excluding hydrogens is 248 g/mol. The van der Waals surface area contributed by atoms with Crippen molar-refractivity contribution in [1.82, 2.24) is 5.32 Å². The van der Waals surface area contributed by atoms with E-state index in [1.165, 1.54) is 0 Å². The Kier molecular flexibility index (Phi) is 2.56. The SMILES string of the molecule is [CH2]C12CC(NC(=O)CNc3ccc(Cl)cc3)(C1)C2. The zero-order valence-corrected chi connectivity index (χ0v) is 10.9. The van der Waals surface area contributed by atoms with E-state index < -0.39 is 0 Å². The summed E-state index contributed by atoms with van der Waals surface area (Å²) in [4.78, 5) is 11.8. The minimum Gasteiger partial charge on any atom is -0.376 e. The second-order valence-corrected chi connectivity index (χ2v) is 6.16. The standard InChI is InChI=1S/C14H16ClN2O/c1-13-7-14(8-13,9-13)17-12(18)6-16-11-4-2-10(15)3-5-11/h2-5,16H,1,6-9H2,(H,17,18). The lowest BCUT2D eigenvalue weighted by molar-refractivity contribution is -0.145. The molecule has 0 heterocycles. The van der Waals surface area contributed by atoms with Gasteiger partial charge < -0.3 is 10.6 Å². The molecule has 95 valence electrons. The molecule has 0 saturated heterocycles. The summed E-state index contributed by atoms with van der Waals surface area (Å²) in [5, 5.41) is 6.88. The fourth-order valence-electron chi connectivity index (χ4n) is 3.22. The van der Waals surface area contributed by atoms with Gasteiger partial charge in [0.15, 0.2) is 0 Å². The van der Waals surface area contributed by atoms with E-state index in [-0.39, 0.29) is 16.9 Å². The maximum atomic E-state index is 11.8. The number of halogens is 1. The summed E-state index contributed by atoms with van der Waals surface area (Å²) >= 11 is 5.79. The first-order chi connectivity index (χ1) is 8.49. The van der Waals surface area contributed by atoms with Crippen molar-refractivity contribution in [2.75, 3.05) is 11.9 Å². The third-order valence-electron chi connectivity index (χ3n) is 3.84. The highest BCUT2D eigenvalue weighted by molar-refractivity contribution is 6.30. The molecule has 4 heteroatoms. The number of nitrogens with one attached hydrogen (secondary N) is 2. The smallest absolute Gasteiger partial charge is 0.239 e. The summed E-state index contributed by atoms with van der Waals surface area (Å²) in [7, 11) is 0. The van der Waals surface area contributed by atoms with Gasteiger partial charge in [-0.05, 0) is 55.9 Å². The summed E-state index contributed by atoms with van der Waals surface area (Å²) < 4.78 is 0. The van der Waals surface area contributed by atoms with Crippen LogP contribution in [0, 0.1) is 12.3 Å². The Bertz CT molecular complexity index is 463. The average Bonchev–Trinajstić information content (AvgIpc) is 2.25. The number of anilines is 1. The van der Waals surface area contributed by atoms with Crippen LogP contribution in [-0.2, 0) is 4.79 Å². The number of carbonyl (C=O) groups is 1. The van der Waals surface area contributed by atoms with Crippen molar-refractivity contribution in [2.45, 2.75) is 24.8 Å². The Morgan fingerprint density at radius 3 is 2.44 bits per heavy atom. The largest absolute Gasteiger partial charge is 0.376 e. The molecule has 3 nitrogen and oxygen atoms in total. The van der Waals surface area contributed by atoms with Gasteiger partial charge in [-0.2, -0.15) is 0 Å². The van der Waals surface area contributed by atoms with E-state index in [2.05, 4.69) is 17.6 Å². The third kappa shape index (κ3) is 2.07. The predicted molar refractivity (Wildman–Crippen MR) is 72.5 cm³/mol. The lowest BCUT2D eigenvalue weighted by Crippen LogP contribution is -2.74. The Balaban J connectivity index is 1.46. The van der Waals surface area contributed by atoms with Crippen LogP contribution in [0.25, 0.3) is 0 Å². The molecule has 1 aromatic carbocycles. The van der Waals surface area contributed by atoms with Crippen LogP contribution >= 0.6 is 11.6 Å². The topological polar surface area (TPSA) is 41.1 Å². The molecule has 0 aliphatic heterocycles. The zero-order valence-electron chi connectivity index (χ0n) is 10.1. The van der Waals surface area contributed by atoms with Crippen LogP contribution in [0.5, 0.6) is 0 Å². The van der Waals surface area contributed by atoms with Crippen LogP contribution in [0.4, 0.5) is 5.69 Å². The van der Waals surface area contributed by atoms with Gasteiger partial charge in [0.1, 0.15) is 0 Å². The van der Waals surface area contributed by atoms with Crippen LogP contribution in [0.1, 0.15) is 19.3 Å². The molecule has 3 fully saturated rings. The van der Waals surface area contributed by atoms with Gasteiger partial charge >= 0.3 is 0 Å². The van der Waals surface area contributed by atoms with Gasteiger partial charge in [0.05, 0.1) is 6.54 Å². The molecule has 2 bridgehead atoms. The van der Waals surface area contributed by atoms with E-state index >= 15 is 0 Å². The minimum absolute atomic E-state index is 0.0479. The Labute approximate surface area is 112 Å². The maximum absolute atomic E-state index is 11.8. The highest BCUT2D eigenvalue weighted by atomic mass is 35.5. The number of hydrogen-bond acceptors (Lipinski definition) is 2. The number of benzene rings is 1. The minimum atomic E-state index is 0.0479.